The summed E-state index contributed by atoms with van der Waals surface area (Å²) in [5.41, 5.74) is 8.03. The normalized spacial score (nSPS) is 23.6. The van der Waals surface area contributed by atoms with E-state index in [2.05, 4.69) is 29.6 Å². The molecule has 2 aliphatic heterocycles. The van der Waals surface area contributed by atoms with Gasteiger partial charge in [0.2, 0.25) is 0 Å². The topological polar surface area (TPSA) is 58.4 Å². The molecule has 96 valence electrons. The van der Waals surface area contributed by atoms with Gasteiger partial charge in [-0.05, 0) is 30.4 Å². The Labute approximate surface area is 107 Å². The minimum absolute atomic E-state index is 0.279. The molecule has 0 saturated carbocycles. The number of fused-ring (bicyclic) bond motifs is 1. The zero-order valence-corrected chi connectivity index (χ0v) is 10.4. The third kappa shape index (κ3) is 1.92. The second-order valence-electron chi connectivity index (χ2n) is 5.24. The molecule has 1 unspecified atom stereocenters. The summed E-state index contributed by atoms with van der Waals surface area (Å²) in [6.45, 7) is 2.64. The van der Waals surface area contributed by atoms with Gasteiger partial charge in [-0.3, -0.25) is 0 Å². The van der Waals surface area contributed by atoms with Crippen LogP contribution in [0.2, 0.25) is 0 Å². The van der Waals surface area contributed by atoms with Gasteiger partial charge in [0.1, 0.15) is 0 Å². The molecule has 0 aromatic heterocycles. The minimum atomic E-state index is -0.279. The van der Waals surface area contributed by atoms with Crippen LogP contribution < -0.4 is 11.1 Å². The quantitative estimate of drug-likeness (QED) is 0.795. The van der Waals surface area contributed by atoms with Crippen LogP contribution in [-0.4, -0.2) is 30.6 Å². The molecule has 4 nitrogen and oxygen atoms in total. The van der Waals surface area contributed by atoms with E-state index in [4.69, 9.17) is 5.73 Å². The largest absolute Gasteiger partial charge is 0.384 e. The number of nitrogens with one attached hydrogen (secondary N) is 1. The molecule has 3 rings (SSSR count). The lowest BCUT2D eigenvalue weighted by molar-refractivity contribution is 0.172. The lowest BCUT2D eigenvalue weighted by atomic mass is 9.81. The van der Waals surface area contributed by atoms with E-state index in [1.54, 1.807) is 4.90 Å². The van der Waals surface area contributed by atoms with Crippen LogP contribution in [0.5, 0.6) is 0 Å². The SMILES string of the molecule is NC(=O)N1CCC(C2CNc3ccccc32)CC1. The number of urea groups is 1. The summed E-state index contributed by atoms with van der Waals surface area (Å²) >= 11 is 0. The van der Waals surface area contributed by atoms with Gasteiger partial charge in [-0.25, -0.2) is 4.79 Å². The maximum absolute atomic E-state index is 11.1. The van der Waals surface area contributed by atoms with Gasteiger partial charge in [-0.1, -0.05) is 18.2 Å². The van der Waals surface area contributed by atoms with Crippen LogP contribution >= 0.6 is 0 Å². The molecule has 1 aromatic carbocycles. The van der Waals surface area contributed by atoms with E-state index in [0.29, 0.717) is 11.8 Å². The van der Waals surface area contributed by atoms with E-state index in [0.717, 1.165) is 32.5 Å². The first-order valence-corrected chi connectivity index (χ1v) is 6.63. The third-order valence-corrected chi connectivity index (χ3v) is 4.29. The molecule has 1 saturated heterocycles. The molecular formula is C14H19N3O. The first-order valence-electron chi connectivity index (χ1n) is 6.63. The second kappa shape index (κ2) is 4.52. The molecule has 0 spiro atoms. The molecule has 2 amide bonds. The lowest BCUT2D eigenvalue weighted by Crippen LogP contribution is -2.42. The summed E-state index contributed by atoms with van der Waals surface area (Å²) in [6.07, 6.45) is 2.12. The predicted octanol–water partition coefficient (Wildman–Crippen LogP) is 1.99. The van der Waals surface area contributed by atoms with E-state index in [9.17, 15) is 4.79 Å². The second-order valence-corrected chi connectivity index (χ2v) is 5.24. The summed E-state index contributed by atoms with van der Waals surface area (Å²) in [6, 6.07) is 8.27. The Morgan fingerprint density at radius 3 is 2.72 bits per heavy atom. The molecule has 0 bridgehead atoms. The van der Waals surface area contributed by atoms with E-state index in [1.807, 2.05) is 0 Å². The van der Waals surface area contributed by atoms with Crippen molar-refractivity contribution in [2.45, 2.75) is 18.8 Å². The predicted molar refractivity (Wildman–Crippen MR) is 71.6 cm³/mol. The van der Waals surface area contributed by atoms with Crippen LogP contribution in [0.4, 0.5) is 10.5 Å². The van der Waals surface area contributed by atoms with Crippen molar-refractivity contribution < 1.29 is 4.79 Å². The van der Waals surface area contributed by atoms with Crippen molar-refractivity contribution in [3.8, 4) is 0 Å². The van der Waals surface area contributed by atoms with Gasteiger partial charge in [0.25, 0.3) is 0 Å². The van der Waals surface area contributed by atoms with Crippen molar-refractivity contribution in [1.29, 1.82) is 0 Å². The standard InChI is InChI=1S/C14H19N3O/c15-14(18)17-7-5-10(6-8-17)12-9-16-13-4-2-1-3-11(12)13/h1-4,10,12,16H,5-9H2,(H2,15,18). The van der Waals surface area contributed by atoms with Crippen molar-refractivity contribution in [3.05, 3.63) is 29.8 Å². The Balaban J connectivity index is 1.70. The van der Waals surface area contributed by atoms with E-state index < -0.39 is 0 Å². The summed E-state index contributed by atoms with van der Waals surface area (Å²) in [5.74, 6) is 1.26. The number of carbonyl (C=O) groups excluding carboxylic acids is 1. The number of nitrogens with two attached hydrogens (primary N) is 1. The number of rotatable bonds is 1. The molecule has 2 heterocycles. The number of para-hydroxylation sites is 1. The van der Waals surface area contributed by atoms with Crippen molar-refractivity contribution in [3.63, 3.8) is 0 Å². The van der Waals surface area contributed by atoms with Crippen LogP contribution in [0.3, 0.4) is 0 Å². The fourth-order valence-corrected chi connectivity index (χ4v) is 3.25. The number of likely N-dealkylation sites (tertiary alicyclic amines) is 1. The third-order valence-electron chi connectivity index (χ3n) is 4.29. The van der Waals surface area contributed by atoms with Gasteiger partial charge >= 0.3 is 6.03 Å². The number of amides is 2. The highest BCUT2D eigenvalue weighted by Gasteiger charge is 2.32. The number of hydrogen-bond donors (Lipinski definition) is 2. The Kier molecular flexibility index (Phi) is 2.86. The van der Waals surface area contributed by atoms with Gasteiger partial charge in [-0.15, -0.1) is 0 Å². The molecule has 2 aliphatic rings. The number of carbonyl (C=O) groups is 1. The average Bonchev–Trinajstić information content (AvgIpc) is 2.82. The Bertz CT molecular complexity index is 452. The first-order chi connectivity index (χ1) is 8.75. The molecule has 3 N–H and O–H groups in total. The van der Waals surface area contributed by atoms with Crippen LogP contribution in [0.25, 0.3) is 0 Å². The van der Waals surface area contributed by atoms with E-state index in [1.165, 1.54) is 11.3 Å². The molecule has 4 heteroatoms. The zero-order chi connectivity index (χ0) is 12.5. The number of primary amides is 1. The number of nitrogens with zero attached hydrogens (tertiary/aromatic N) is 1. The monoisotopic (exact) mass is 245 g/mol. The summed E-state index contributed by atoms with van der Waals surface area (Å²) in [5, 5.41) is 3.48. The maximum atomic E-state index is 11.1. The summed E-state index contributed by atoms with van der Waals surface area (Å²) in [7, 11) is 0. The molecule has 18 heavy (non-hydrogen) atoms. The van der Waals surface area contributed by atoms with Gasteiger partial charge in [0.05, 0.1) is 0 Å². The molecule has 1 atom stereocenters. The summed E-state index contributed by atoms with van der Waals surface area (Å²) < 4.78 is 0. The van der Waals surface area contributed by atoms with Gasteiger partial charge in [0, 0.05) is 31.2 Å². The minimum Gasteiger partial charge on any atom is -0.384 e. The fraction of sp³-hybridized carbons (Fsp3) is 0.500. The highest BCUT2D eigenvalue weighted by molar-refractivity contribution is 5.72. The van der Waals surface area contributed by atoms with Crippen LogP contribution in [0, 0.1) is 5.92 Å². The van der Waals surface area contributed by atoms with E-state index in [-0.39, 0.29) is 6.03 Å². The van der Waals surface area contributed by atoms with Gasteiger partial charge < -0.3 is 16.0 Å². The molecular weight excluding hydrogens is 226 g/mol. The van der Waals surface area contributed by atoms with Crippen LogP contribution in [0.1, 0.15) is 24.3 Å². The Hall–Kier alpha value is -1.71. The van der Waals surface area contributed by atoms with Crippen LogP contribution in [0.15, 0.2) is 24.3 Å². The Morgan fingerprint density at radius 1 is 1.28 bits per heavy atom. The average molecular weight is 245 g/mol. The van der Waals surface area contributed by atoms with E-state index >= 15 is 0 Å². The smallest absolute Gasteiger partial charge is 0.314 e. The number of anilines is 1. The van der Waals surface area contributed by atoms with Crippen LogP contribution in [-0.2, 0) is 0 Å². The van der Waals surface area contributed by atoms with Gasteiger partial charge in [0.15, 0.2) is 0 Å². The fourth-order valence-electron chi connectivity index (χ4n) is 3.25. The van der Waals surface area contributed by atoms with Crippen molar-refractivity contribution in [1.82, 2.24) is 4.90 Å². The van der Waals surface area contributed by atoms with Gasteiger partial charge in [-0.2, -0.15) is 0 Å². The highest BCUT2D eigenvalue weighted by Crippen LogP contribution is 2.40. The zero-order valence-electron chi connectivity index (χ0n) is 10.4. The van der Waals surface area contributed by atoms with Crippen molar-refractivity contribution in [2.24, 2.45) is 11.7 Å². The molecule has 0 radical (unpaired) electrons. The Morgan fingerprint density at radius 2 is 2.00 bits per heavy atom. The maximum Gasteiger partial charge on any atom is 0.314 e. The lowest BCUT2D eigenvalue weighted by Gasteiger charge is -2.33. The molecule has 0 aliphatic carbocycles. The van der Waals surface area contributed by atoms with Crippen molar-refractivity contribution >= 4 is 11.7 Å². The molecule has 1 fully saturated rings. The number of benzene rings is 1. The summed E-state index contributed by atoms with van der Waals surface area (Å²) in [4.78, 5) is 12.9. The first kappa shape index (κ1) is 11.4. The highest BCUT2D eigenvalue weighted by atomic mass is 16.2. The number of piperidine rings is 1. The number of hydrogen-bond acceptors (Lipinski definition) is 2. The molecule has 1 aromatic rings. The van der Waals surface area contributed by atoms with Crippen molar-refractivity contribution in [2.75, 3.05) is 25.0 Å².